The van der Waals surface area contributed by atoms with Crippen LogP contribution in [0.15, 0.2) is 22.8 Å². The van der Waals surface area contributed by atoms with Gasteiger partial charge in [0, 0.05) is 25.7 Å². The second-order valence-corrected chi connectivity index (χ2v) is 7.94. The van der Waals surface area contributed by atoms with Gasteiger partial charge in [-0.3, -0.25) is 9.59 Å². The zero-order valence-electron chi connectivity index (χ0n) is 15.8. The number of nitrogens with one attached hydrogen (secondary N) is 1. The Balaban J connectivity index is 0.00000210. The first kappa shape index (κ1) is 20.2. The maximum absolute atomic E-state index is 13.1. The summed E-state index contributed by atoms with van der Waals surface area (Å²) in [6, 6.07) is 3.59. The average molecular weight is 396 g/mol. The Bertz CT molecular complexity index is 624. The van der Waals surface area contributed by atoms with Crippen molar-refractivity contribution >= 4 is 24.2 Å². The smallest absolute Gasteiger partial charge is 0.290 e. The molecule has 4 rings (SSSR count). The third kappa shape index (κ3) is 4.85. The predicted octanol–water partition coefficient (Wildman–Crippen LogP) is 2.69. The van der Waals surface area contributed by atoms with Crippen molar-refractivity contribution in [2.45, 2.75) is 57.0 Å². The summed E-state index contributed by atoms with van der Waals surface area (Å²) in [5.41, 5.74) is 0. The lowest BCUT2D eigenvalue weighted by atomic mass is 9.98. The van der Waals surface area contributed by atoms with Crippen LogP contribution in [0.4, 0.5) is 0 Å². The lowest BCUT2D eigenvalue weighted by Gasteiger charge is -2.39. The second-order valence-electron chi connectivity index (χ2n) is 7.94. The summed E-state index contributed by atoms with van der Waals surface area (Å²) in [6.07, 6.45) is 8.96. The highest BCUT2D eigenvalue weighted by atomic mass is 35.5. The van der Waals surface area contributed by atoms with Crippen LogP contribution in [0.3, 0.4) is 0 Å². The highest BCUT2D eigenvalue weighted by Gasteiger charge is 2.37. The standard InChI is InChI=1S/C20H29N3O3.ClH/c24-19(22-11-8-16(9-12-22)21-14-15-6-7-15)17-4-1-2-10-23(17)20(25)18-5-3-13-26-18;/h3,5,13,15-17,21H,1-2,4,6-12,14H2;1H. The molecule has 0 spiro atoms. The van der Waals surface area contributed by atoms with E-state index in [0.29, 0.717) is 18.3 Å². The molecule has 3 heterocycles. The van der Waals surface area contributed by atoms with Crippen LogP contribution in [0.5, 0.6) is 0 Å². The molecule has 1 saturated carbocycles. The van der Waals surface area contributed by atoms with Crippen LogP contribution in [-0.2, 0) is 4.79 Å². The number of likely N-dealkylation sites (tertiary alicyclic amines) is 2. The van der Waals surface area contributed by atoms with Gasteiger partial charge in [0.05, 0.1) is 6.26 Å². The Morgan fingerprint density at radius 3 is 2.52 bits per heavy atom. The lowest BCUT2D eigenvalue weighted by molar-refractivity contribution is -0.138. The highest BCUT2D eigenvalue weighted by molar-refractivity contribution is 5.95. The summed E-state index contributed by atoms with van der Waals surface area (Å²) >= 11 is 0. The van der Waals surface area contributed by atoms with Crippen molar-refractivity contribution < 1.29 is 14.0 Å². The molecule has 0 aromatic carbocycles. The van der Waals surface area contributed by atoms with Gasteiger partial charge in [-0.05, 0) is 69.5 Å². The van der Waals surface area contributed by atoms with Crippen LogP contribution >= 0.6 is 12.4 Å². The topological polar surface area (TPSA) is 65.8 Å². The largest absolute Gasteiger partial charge is 0.459 e. The number of rotatable bonds is 5. The molecule has 1 atom stereocenters. The van der Waals surface area contributed by atoms with Crippen LogP contribution in [0, 0.1) is 5.92 Å². The number of amides is 2. The summed E-state index contributed by atoms with van der Waals surface area (Å²) in [7, 11) is 0. The molecule has 6 nitrogen and oxygen atoms in total. The molecule has 27 heavy (non-hydrogen) atoms. The van der Waals surface area contributed by atoms with Crippen LogP contribution < -0.4 is 5.32 Å². The van der Waals surface area contributed by atoms with Gasteiger partial charge in [-0.15, -0.1) is 12.4 Å². The average Bonchev–Trinajstić information content (AvgIpc) is 3.36. The van der Waals surface area contributed by atoms with E-state index in [1.165, 1.54) is 19.1 Å². The van der Waals surface area contributed by atoms with Crippen molar-refractivity contribution in [3.05, 3.63) is 24.2 Å². The highest BCUT2D eigenvalue weighted by Crippen LogP contribution is 2.28. The van der Waals surface area contributed by atoms with Crippen molar-refractivity contribution in [3.63, 3.8) is 0 Å². The summed E-state index contributed by atoms with van der Waals surface area (Å²) in [5, 5.41) is 3.65. The maximum atomic E-state index is 13.1. The molecule has 150 valence electrons. The van der Waals surface area contributed by atoms with E-state index in [-0.39, 0.29) is 30.3 Å². The molecular weight excluding hydrogens is 366 g/mol. The summed E-state index contributed by atoms with van der Waals surface area (Å²) in [4.78, 5) is 29.5. The van der Waals surface area contributed by atoms with Gasteiger partial charge < -0.3 is 19.5 Å². The Kier molecular flexibility index (Phi) is 6.82. The minimum absolute atomic E-state index is 0. The fraction of sp³-hybridized carbons (Fsp3) is 0.700. The van der Waals surface area contributed by atoms with Crippen LogP contribution in [0.1, 0.15) is 55.5 Å². The van der Waals surface area contributed by atoms with E-state index >= 15 is 0 Å². The Hall–Kier alpha value is -1.53. The zero-order valence-corrected chi connectivity index (χ0v) is 16.6. The van der Waals surface area contributed by atoms with Gasteiger partial charge in [-0.1, -0.05) is 0 Å². The fourth-order valence-corrected chi connectivity index (χ4v) is 4.14. The van der Waals surface area contributed by atoms with E-state index in [9.17, 15) is 9.59 Å². The van der Waals surface area contributed by atoms with E-state index in [4.69, 9.17) is 4.42 Å². The molecule has 1 N–H and O–H groups in total. The fourth-order valence-electron chi connectivity index (χ4n) is 4.14. The monoisotopic (exact) mass is 395 g/mol. The number of carbonyl (C=O) groups is 2. The quantitative estimate of drug-likeness (QED) is 0.832. The third-order valence-electron chi connectivity index (χ3n) is 5.98. The molecule has 1 aromatic rings. The molecule has 1 aromatic heterocycles. The Labute approximate surface area is 167 Å². The van der Waals surface area contributed by atoms with E-state index in [1.54, 1.807) is 17.0 Å². The van der Waals surface area contributed by atoms with Gasteiger partial charge in [-0.2, -0.15) is 0 Å². The number of hydrogen-bond acceptors (Lipinski definition) is 4. The minimum atomic E-state index is -0.336. The zero-order chi connectivity index (χ0) is 17.9. The van der Waals surface area contributed by atoms with Gasteiger partial charge in [-0.25, -0.2) is 0 Å². The van der Waals surface area contributed by atoms with Gasteiger partial charge in [0.25, 0.3) is 5.91 Å². The number of carbonyl (C=O) groups excluding carboxylic acids is 2. The third-order valence-corrected chi connectivity index (χ3v) is 5.98. The molecule has 0 radical (unpaired) electrons. The summed E-state index contributed by atoms with van der Waals surface area (Å²) in [6.45, 7) is 3.35. The molecule has 1 unspecified atom stereocenters. The van der Waals surface area contributed by atoms with Crippen molar-refractivity contribution in [2.75, 3.05) is 26.2 Å². The SMILES string of the molecule is Cl.O=C(C1CCCCN1C(=O)c1ccco1)N1CCC(NCC2CC2)CC1. The van der Waals surface area contributed by atoms with Crippen molar-refractivity contribution in [2.24, 2.45) is 5.92 Å². The molecule has 2 saturated heterocycles. The lowest BCUT2D eigenvalue weighted by Crippen LogP contribution is -2.55. The normalized spacial score (nSPS) is 23.8. The van der Waals surface area contributed by atoms with E-state index < -0.39 is 0 Å². The number of halogens is 1. The van der Waals surface area contributed by atoms with E-state index in [1.807, 2.05) is 4.90 Å². The van der Waals surface area contributed by atoms with E-state index in [2.05, 4.69) is 5.32 Å². The van der Waals surface area contributed by atoms with Crippen molar-refractivity contribution in [3.8, 4) is 0 Å². The minimum Gasteiger partial charge on any atom is -0.459 e. The van der Waals surface area contributed by atoms with Gasteiger partial charge >= 0.3 is 0 Å². The van der Waals surface area contributed by atoms with E-state index in [0.717, 1.165) is 57.7 Å². The van der Waals surface area contributed by atoms with Gasteiger partial charge in [0.2, 0.25) is 5.91 Å². The maximum Gasteiger partial charge on any atom is 0.290 e. The molecule has 2 amide bonds. The Morgan fingerprint density at radius 1 is 1.07 bits per heavy atom. The Morgan fingerprint density at radius 2 is 1.85 bits per heavy atom. The van der Waals surface area contributed by atoms with Crippen molar-refractivity contribution in [1.82, 2.24) is 15.1 Å². The summed E-state index contributed by atoms with van der Waals surface area (Å²) in [5.74, 6) is 1.17. The first-order chi connectivity index (χ1) is 12.7. The second kappa shape index (κ2) is 9.11. The molecular formula is C20H30ClN3O3. The van der Waals surface area contributed by atoms with Crippen LogP contribution in [0.2, 0.25) is 0 Å². The van der Waals surface area contributed by atoms with Gasteiger partial charge in [0.15, 0.2) is 5.76 Å². The number of nitrogens with zero attached hydrogens (tertiary/aromatic N) is 2. The number of furan rings is 1. The molecule has 3 aliphatic rings. The number of hydrogen-bond donors (Lipinski definition) is 1. The summed E-state index contributed by atoms with van der Waals surface area (Å²) < 4.78 is 5.26. The van der Waals surface area contributed by atoms with Crippen molar-refractivity contribution in [1.29, 1.82) is 0 Å². The predicted molar refractivity (Wildman–Crippen MR) is 105 cm³/mol. The molecule has 3 fully saturated rings. The first-order valence-corrected chi connectivity index (χ1v) is 10.1. The molecule has 1 aliphatic carbocycles. The van der Waals surface area contributed by atoms with Gasteiger partial charge in [0.1, 0.15) is 6.04 Å². The van der Waals surface area contributed by atoms with Crippen LogP contribution in [-0.4, -0.2) is 59.9 Å². The first-order valence-electron chi connectivity index (χ1n) is 10.1. The number of piperidine rings is 2. The molecule has 7 heteroatoms. The van der Waals surface area contributed by atoms with Crippen LogP contribution in [0.25, 0.3) is 0 Å². The molecule has 0 bridgehead atoms. The molecule has 2 aliphatic heterocycles.